The first-order chi connectivity index (χ1) is 9.71. The number of ether oxygens (including phenoxy) is 1. The molecule has 0 aromatic heterocycles. The van der Waals surface area contributed by atoms with E-state index in [0.29, 0.717) is 0 Å². The molecule has 1 aromatic rings. The van der Waals surface area contributed by atoms with Gasteiger partial charge in [-0.3, -0.25) is 0 Å². The van der Waals surface area contributed by atoms with Crippen molar-refractivity contribution in [1.82, 2.24) is 5.32 Å². The Kier molecular flexibility index (Phi) is 3.88. The Morgan fingerprint density at radius 2 is 2.25 bits per heavy atom. The molecule has 0 bridgehead atoms. The lowest BCUT2D eigenvalue weighted by molar-refractivity contribution is 0.330. The van der Waals surface area contributed by atoms with E-state index in [1.54, 1.807) is 0 Å². The Hall–Kier alpha value is -1.22. The number of nitrogens with one attached hydrogen (secondary N) is 1. The van der Waals surface area contributed by atoms with Crippen molar-refractivity contribution in [2.75, 3.05) is 31.1 Å². The second-order valence-electron chi connectivity index (χ2n) is 6.32. The number of rotatable bonds is 4. The van der Waals surface area contributed by atoms with Crippen LogP contribution in [0, 0.1) is 5.92 Å². The van der Waals surface area contributed by atoms with Crippen LogP contribution < -0.4 is 15.0 Å². The van der Waals surface area contributed by atoms with Gasteiger partial charge >= 0.3 is 0 Å². The zero-order chi connectivity index (χ0) is 14.0. The van der Waals surface area contributed by atoms with Gasteiger partial charge in [-0.25, -0.2) is 0 Å². The monoisotopic (exact) mass is 274 g/mol. The molecule has 1 heterocycles. The van der Waals surface area contributed by atoms with Gasteiger partial charge < -0.3 is 15.0 Å². The van der Waals surface area contributed by atoms with E-state index in [1.807, 2.05) is 13.0 Å². The summed E-state index contributed by atoms with van der Waals surface area (Å²) in [4.78, 5) is 2.53. The Balaban J connectivity index is 1.78. The quantitative estimate of drug-likeness (QED) is 0.913. The van der Waals surface area contributed by atoms with Crippen LogP contribution in [0.2, 0.25) is 0 Å². The molecule has 0 radical (unpaired) electrons. The van der Waals surface area contributed by atoms with E-state index in [0.717, 1.165) is 37.9 Å². The Morgan fingerprint density at radius 3 is 3.00 bits per heavy atom. The minimum Gasteiger partial charge on any atom is -0.494 e. The van der Waals surface area contributed by atoms with Crippen molar-refractivity contribution < 1.29 is 4.74 Å². The van der Waals surface area contributed by atoms with Gasteiger partial charge in [-0.1, -0.05) is 6.07 Å². The van der Waals surface area contributed by atoms with Crippen molar-refractivity contribution >= 4 is 5.69 Å². The number of anilines is 1. The molecule has 110 valence electrons. The maximum Gasteiger partial charge on any atom is 0.121 e. The summed E-state index contributed by atoms with van der Waals surface area (Å²) in [6.07, 6.45) is 3.98. The zero-order valence-corrected chi connectivity index (χ0v) is 12.7. The summed E-state index contributed by atoms with van der Waals surface area (Å²) in [6.45, 7) is 8.53. The van der Waals surface area contributed by atoms with E-state index in [2.05, 4.69) is 35.3 Å². The van der Waals surface area contributed by atoms with E-state index in [-0.39, 0.29) is 5.54 Å². The first-order valence-electron chi connectivity index (χ1n) is 7.94. The fraction of sp³-hybridized carbons (Fsp3) is 0.647. The summed E-state index contributed by atoms with van der Waals surface area (Å²) in [7, 11) is 0. The summed E-state index contributed by atoms with van der Waals surface area (Å²) in [6, 6.07) is 8.54. The van der Waals surface area contributed by atoms with Crippen molar-refractivity contribution in [1.29, 1.82) is 0 Å². The van der Waals surface area contributed by atoms with E-state index in [9.17, 15) is 0 Å². The second kappa shape index (κ2) is 5.65. The molecule has 0 spiro atoms. The zero-order valence-electron chi connectivity index (χ0n) is 12.7. The summed E-state index contributed by atoms with van der Waals surface area (Å²) in [5.41, 5.74) is 1.57. The Labute approximate surface area is 122 Å². The molecule has 3 rings (SSSR count). The van der Waals surface area contributed by atoms with Crippen LogP contribution in [-0.2, 0) is 0 Å². The van der Waals surface area contributed by atoms with Crippen molar-refractivity contribution in [3.63, 3.8) is 0 Å². The molecule has 0 amide bonds. The van der Waals surface area contributed by atoms with Crippen LogP contribution in [0.5, 0.6) is 5.75 Å². The molecule has 1 N–H and O–H groups in total. The summed E-state index contributed by atoms with van der Waals surface area (Å²) in [5, 5.41) is 3.79. The molecule has 1 aromatic carbocycles. The van der Waals surface area contributed by atoms with Crippen molar-refractivity contribution in [3.05, 3.63) is 24.3 Å². The van der Waals surface area contributed by atoms with Gasteiger partial charge in [0.1, 0.15) is 5.75 Å². The smallest absolute Gasteiger partial charge is 0.121 e. The first kappa shape index (κ1) is 13.7. The van der Waals surface area contributed by atoms with Crippen LogP contribution in [0.25, 0.3) is 0 Å². The third-order valence-electron chi connectivity index (χ3n) is 4.63. The highest BCUT2D eigenvalue weighted by atomic mass is 16.5. The predicted molar refractivity (Wildman–Crippen MR) is 83.6 cm³/mol. The largest absolute Gasteiger partial charge is 0.494 e. The summed E-state index contributed by atoms with van der Waals surface area (Å²) >= 11 is 0. The Morgan fingerprint density at radius 1 is 1.40 bits per heavy atom. The maximum atomic E-state index is 5.64. The van der Waals surface area contributed by atoms with Gasteiger partial charge in [0.2, 0.25) is 0 Å². The first-order valence-corrected chi connectivity index (χ1v) is 7.94. The van der Waals surface area contributed by atoms with Crippen LogP contribution in [0.15, 0.2) is 24.3 Å². The molecular weight excluding hydrogens is 248 g/mol. The third kappa shape index (κ3) is 2.93. The van der Waals surface area contributed by atoms with Crippen molar-refractivity contribution in [3.8, 4) is 5.75 Å². The molecule has 20 heavy (non-hydrogen) atoms. The van der Waals surface area contributed by atoms with Gasteiger partial charge in [0.25, 0.3) is 0 Å². The molecule has 2 aliphatic rings. The molecular formula is C17H26N2O. The third-order valence-corrected chi connectivity index (χ3v) is 4.63. The Bertz CT molecular complexity index is 458. The van der Waals surface area contributed by atoms with Gasteiger partial charge in [0, 0.05) is 30.4 Å². The molecule has 1 saturated heterocycles. The minimum absolute atomic E-state index is 0.276. The lowest BCUT2D eigenvalue weighted by Gasteiger charge is -2.35. The van der Waals surface area contributed by atoms with Crippen molar-refractivity contribution in [2.45, 2.75) is 38.6 Å². The fourth-order valence-electron chi connectivity index (χ4n) is 3.33. The highest BCUT2D eigenvalue weighted by molar-refractivity contribution is 5.51. The average molecular weight is 274 g/mol. The normalized spacial score (nSPS) is 27.2. The van der Waals surface area contributed by atoms with Crippen LogP contribution in [0.3, 0.4) is 0 Å². The summed E-state index contributed by atoms with van der Waals surface area (Å²) in [5.74, 6) is 1.84. The number of hydrogen-bond donors (Lipinski definition) is 1. The van der Waals surface area contributed by atoms with E-state index in [4.69, 9.17) is 4.74 Å². The molecule has 1 unspecified atom stereocenters. The van der Waals surface area contributed by atoms with E-state index >= 15 is 0 Å². The predicted octanol–water partition coefficient (Wildman–Crippen LogP) is 3.05. The highest BCUT2D eigenvalue weighted by Crippen LogP contribution is 2.41. The van der Waals surface area contributed by atoms with E-state index in [1.165, 1.54) is 24.9 Å². The van der Waals surface area contributed by atoms with Gasteiger partial charge in [-0.15, -0.1) is 0 Å². The molecule has 1 aliphatic heterocycles. The lowest BCUT2D eigenvalue weighted by Crippen LogP contribution is -2.51. The van der Waals surface area contributed by atoms with Crippen LogP contribution >= 0.6 is 0 Å². The molecule has 3 heteroatoms. The second-order valence-corrected chi connectivity index (χ2v) is 6.32. The SMILES string of the molecule is CCOc1cccc(N2CCCNC(C)(C3CC3)C2)c1. The molecule has 1 saturated carbocycles. The summed E-state index contributed by atoms with van der Waals surface area (Å²) < 4.78 is 5.64. The van der Waals surface area contributed by atoms with Gasteiger partial charge in [0.15, 0.2) is 0 Å². The van der Waals surface area contributed by atoms with Gasteiger partial charge in [0.05, 0.1) is 6.61 Å². The number of benzene rings is 1. The standard InChI is InChI=1S/C17H26N2O/c1-3-20-16-7-4-6-15(12-16)19-11-5-10-18-17(2,13-19)14-8-9-14/h4,6-7,12,14,18H,3,5,8-11,13H2,1-2H3. The lowest BCUT2D eigenvalue weighted by atomic mass is 9.95. The van der Waals surface area contributed by atoms with Gasteiger partial charge in [-0.05, 0) is 57.7 Å². The fourth-order valence-corrected chi connectivity index (χ4v) is 3.33. The molecule has 1 aliphatic carbocycles. The number of hydrogen-bond acceptors (Lipinski definition) is 3. The molecule has 2 fully saturated rings. The highest BCUT2D eigenvalue weighted by Gasteiger charge is 2.43. The van der Waals surface area contributed by atoms with Gasteiger partial charge in [-0.2, -0.15) is 0 Å². The van der Waals surface area contributed by atoms with Crippen LogP contribution in [0.4, 0.5) is 5.69 Å². The minimum atomic E-state index is 0.276. The topological polar surface area (TPSA) is 24.5 Å². The van der Waals surface area contributed by atoms with Crippen LogP contribution in [-0.4, -0.2) is 31.8 Å². The average Bonchev–Trinajstić information content (AvgIpc) is 3.26. The maximum absolute atomic E-state index is 5.64. The van der Waals surface area contributed by atoms with E-state index < -0.39 is 0 Å². The van der Waals surface area contributed by atoms with Crippen LogP contribution in [0.1, 0.15) is 33.1 Å². The number of nitrogens with zero attached hydrogens (tertiary/aromatic N) is 1. The molecule has 1 atom stereocenters. The molecule has 3 nitrogen and oxygen atoms in total. The van der Waals surface area contributed by atoms with Crippen molar-refractivity contribution in [2.24, 2.45) is 5.92 Å².